The van der Waals surface area contributed by atoms with Gasteiger partial charge in [-0.15, -0.1) is 0 Å². The maximum absolute atomic E-state index is 14.0. The third-order valence-corrected chi connectivity index (χ3v) is 5.52. The Morgan fingerprint density at radius 1 is 1.00 bits per heavy atom. The van der Waals surface area contributed by atoms with Crippen LogP contribution in [0.25, 0.3) is 0 Å². The number of halogens is 4. The van der Waals surface area contributed by atoms with Crippen molar-refractivity contribution in [1.82, 2.24) is 0 Å². The Hall–Kier alpha value is -2.02. The van der Waals surface area contributed by atoms with Gasteiger partial charge < -0.3 is 5.11 Å². The van der Waals surface area contributed by atoms with Crippen LogP contribution in [0.15, 0.2) is 47.4 Å². The molecule has 0 atom stereocenters. The molecule has 0 heterocycles. The minimum atomic E-state index is -2.74. The lowest BCUT2D eigenvalue weighted by atomic mass is 9.79. The van der Waals surface area contributed by atoms with Crippen molar-refractivity contribution in [3.8, 4) is 0 Å². The number of aromatic carboxylic acids is 1. The fraction of sp³-hybridized carbons (Fsp3) is 0.381. The highest BCUT2D eigenvalue weighted by Gasteiger charge is 2.25. The molecule has 1 fully saturated rings. The van der Waals surface area contributed by atoms with Gasteiger partial charge >= 0.3 is 5.97 Å². The molecular weight excluding hydrogens is 392 g/mol. The lowest BCUT2D eigenvalue weighted by molar-refractivity contribution is 0.0697. The molecule has 0 aromatic heterocycles. The van der Waals surface area contributed by atoms with E-state index in [9.17, 15) is 22.4 Å². The van der Waals surface area contributed by atoms with Crippen molar-refractivity contribution in [2.24, 2.45) is 5.92 Å². The molecule has 28 heavy (non-hydrogen) atoms. The van der Waals surface area contributed by atoms with Gasteiger partial charge in [0.2, 0.25) is 0 Å². The first-order valence-corrected chi connectivity index (χ1v) is 9.88. The smallest absolute Gasteiger partial charge is 0.335 e. The Kier molecular flexibility index (Phi) is 8.35. The van der Waals surface area contributed by atoms with E-state index < -0.39 is 23.4 Å². The Morgan fingerprint density at radius 3 is 2.11 bits per heavy atom. The standard InChI is InChI=1S/C14H16F4S.C7H6O2/c1-8-2-4-9(5-3-8)10-6-7-11(19-14(17)18)13(16)12(10)15;8-7(9)6-4-2-1-3-5-6/h6-9,14H,2-5H2,1H3;1-5H,(H,8,9)/t8-,9-;. The quantitative estimate of drug-likeness (QED) is 0.434. The van der Waals surface area contributed by atoms with Crippen LogP contribution in [-0.4, -0.2) is 16.8 Å². The zero-order chi connectivity index (χ0) is 20.7. The van der Waals surface area contributed by atoms with E-state index in [1.807, 2.05) is 0 Å². The van der Waals surface area contributed by atoms with Crippen molar-refractivity contribution in [3.05, 3.63) is 65.2 Å². The maximum atomic E-state index is 14.0. The normalized spacial score (nSPS) is 19.1. The van der Waals surface area contributed by atoms with Gasteiger partial charge in [-0.1, -0.05) is 55.8 Å². The predicted octanol–water partition coefficient (Wildman–Crippen LogP) is 6.96. The minimum Gasteiger partial charge on any atom is -0.478 e. The van der Waals surface area contributed by atoms with E-state index in [2.05, 4.69) is 6.92 Å². The molecule has 0 spiro atoms. The first kappa shape index (κ1) is 22.3. The molecule has 2 aromatic carbocycles. The number of benzene rings is 2. The summed E-state index contributed by atoms with van der Waals surface area (Å²) < 4.78 is 52.1. The third kappa shape index (κ3) is 6.26. The monoisotopic (exact) mass is 414 g/mol. The zero-order valence-corrected chi connectivity index (χ0v) is 16.2. The fourth-order valence-electron chi connectivity index (χ4n) is 3.20. The number of hydrogen-bond acceptors (Lipinski definition) is 2. The van der Waals surface area contributed by atoms with Crippen LogP contribution in [-0.2, 0) is 0 Å². The summed E-state index contributed by atoms with van der Waals surface area (Å²) in [5.74, 6) is -5.08. The molecule has 1 saturated carbocycles. The largest absolute Gasteiger partial charge is 0.478 e. The van der Waals surface area contributed by atoms with E-state index >= 15 is 0 Å². The first-order chi connectivity index (χ1) is 13.3. The van der Waals surface area contributed by atoms with Crippen LogP contribution < -0.4 is 0 Å². The number of alkyl halides is 2. The molecule has 0 aliphatic heterocycles. The highest BCUT2D eigenvalue weighted by molar-refractivity contribution is 7.99. The molecule has 0 saturated heterocycles. The van der Waals surface area contributed by atoms with Gasteiger partial charge in [0, 0.05) is 0 Å². The number of rotatable bonds is 4. The van der Waals surface area contributed by atoms with Gasteiger partial charge in [-0.25, -0.2) is 13.6 Å². The highest BCUT2D eigenvalue weighted by Crippen LogP contribution is 2.39. The lowest BCUT2D eigenvalue weighted by Crippen LogP contribution is -2.13. The summed E-state index contributed by atoms with van der Waals surface area (Å²) in [6, 6.07) is 11.0. The van der Waals surface area contributed by atoms with Crippen LogP contribution >= 0.6 is 11.8 Å². The number of hydrogen-bond donors (Lipinski definition) is 1. The Bertz CT molecular complexity index is 775. The summed E-state index contributed by atoms with van der Waals surface area (Å²) >= 11 is 0.0466. The van der Waals surface area contributed by atoms with E-state index in [0.717, 1.165) is 25.7 Å². The molecule has 0 radical (unpaired) electrons. The Morgan fingerprint density at radius 2 is 1.61 bits per heavy atom. The molecule has 7 heteroatoms. The van der Waals surface area contributed by atoms with Crippen LogP contribution in [0.3, 0.4) is 0 Å². The van der Waals surface area contributed by atoms with Gasteiger partial charge in [-0.05, 0) is 48.4 Å². The van der Waals surface area contributed by atoms with Crippen molar-refractivity contribution >= 4 is 17.7 Å². The summed E-state index contributed by atoms with van der Waals surface area (Å²) in [6.07, 6.45) is 3.66. The maximum Gasteiger partial charge on any atom is 0.335 e. The number of carboxylic acids is 1. The third-order valence-electron chi connectivity index (χ3n) is 4.77. The summed E-state index contributed by atoms with van der Waals surface area (Å²) in [5, 5.41) is 8.38. The van der Waals surface area contributed by atoms with E-state index in [0.29, 0.717) is 17.0 Å². The van der Waals surface area contributed by atoms with Crippen molar-refractivity contribution in [2.45, 2.75) is 49.2 Å². The van der Waals surface area contributed by atoms with Crippen molar-refractivity contribution in [3.63, 3.8) is 0 Å². The molecule has 2 aromatic rings. The fourth-order valence-corrected chi connectivity index (χ4v) is 3.73. The van der Waals surface area contributed by atoms with Crippen molar-refractivity contribution in [2.75, 3.05) is 0 Å². The summed E-state index contributed by atoms with van der Waals surface area (Å²) in [7, 11) is 0. The summed E-state index contributed by atoms with van der Waals surface area (Å²) in [6.45, 7) is 2.15. The van der Waals surface area contributed by atoms with Gasteiger partial charge in [0.05, 0.1) is 10.5 Å². The first-order valence-electron chi connectivity index (χ1n) is 9.00. The number of thioether (sulfide) groups is 1. The Labute approximate surface area is 166 Å². The van der Waals surface area contributed by atoms with Gasteiger partial charge in [0.1, 0.15) is 0 Å². The Balaban J connectivity index is 0.000000261. The minimum absolute atomic E-state index is 0.0105. The van der Waals surface area contributed by atoms with E-state index in [1.54, 1.807) is 30.3 Å². The average molecular weight is 414 g/mol. The SMILES string of the molecule is C[C@H]1CC[C@H](c2ccc(SC(F)F)c(F)c2F)CC1.O=C(O)c1ccccc1. The van der Waals surface area contributed by atoms with E-state index in [1.165, 1.54) is 12.1 Å². The number of carbonyl (C=O) groups is 1. The summed E-state index contributed by atoms with van der Waals surface area (Å²) in [5.41, 5.74) is 0.667. The van der Waals surface area contributed by atoms with Crippen LogP contribution in [0.2, 0.25) is 0 Å². The molecule has 0 amide bonds. The second-order valence-electron chi connectivity index (χ2n) is 6.79. The summed E-state index contributed by atoms with van der Waals surface area (Å²) in [4.78, 5) is 9.88. The van der Waals surface area contributed by atoms with Gasteiger partial charge in [-0.2, -0.15) is 8.78 Å². The second-order valence-corrected chi connectivity index (χ2v) is 7.82. The van der Waals surface area contributed by atoms with Gasteiger partial charge in [0.25, 0.3) is 5.76 Å². The molecule has 0 bridgehead atoms. The molecular formula is C21H22F4O2S. The molecule has 152 valence electrons. The average Bonchev–Trinajstić information content (AvgIpc) is 2.67. The topological polar surface area (TPSA) is 37.3 Å². The number of carboxylic acid groups (broad SMARTS) is 1. The van der Waals surface area contributed by atoms with E-state index in [4.69, 9.17) is 5.11 Å². The molecule has 3 rings (SSSR count). The molecule has 1 aliphatic carbocycles. The predicted molar refractivity (Wildman–Crippen MR) is 102 cm³/mol. The van der Waals surface area contributed by atoms with Crippen LogP contribution in [0.1, 0.15) is 54.4 Å². The highest BCUT2D eigenvalue weighted by atomic mass is 32.2. The molecule has 0 unspecified atom stereocenters. The second kappa shape index (κ2) is 10.5. The van der Waals surface area contributed by atoms with Gasteiger partial charge in [0.15, 0.2) is 11.6 Å². The van der Waals surface area contributed by atoms with Crippen LogP contribution in [0.5, 0.6) is 0 Å². The molecule has 2 nitrogen and oxygen atoms in total. The zero-order valence-electron chi connectivity index (χ0n) is 15.4. The molecule has 1 N–H and O–H groups in total. The van der Waals surface area contributed by atoms with Crippen molar-refractivity contribution < 1.29 is 27.5 Å². The van der Waals surface area contributed by atoms with Crippen molar-refractivity contribution in [1.29, 1.82) is 0 Å². The lowest BCUT2D eigenvalue weighted by Gasteiger charge is -2.27. The van der Waals surface area contributed by atoms with Crippen LogP contribution in [0, 0.1) is 17.6 Å². The van der Waals surface area contributed by atoms with E-state index in [-0.39, 0.29) is 22.6 Å². The van der Waals surface area contributed by atoms with Crippen LogP contribution in [0.4, 0.5) is 17.6 Å². The molecule has 1 aliphatic rings. The van der Waals surface area contributed by atoms with Gasteiger partial charge in [-0.3, -0.25) is 0 Å².